The van der Waals surface area contributed by atoms with Crippen LogP contribution in [0.4, 0.5) is 10.1 Å². The highest BCUT2D eigenvalue weighted by molar-refractivity contribution is 9.10. The Morgan fingerprint density at radius 1 is 1.65 bits per heavy atom. The molecule has 0 aromatic heterocycles. The topological polar surface area (TPSA) is 98.0 Å². The summed E-state index contributed by atoms with van der Waals surface area (Å²) in [5.41, 5.74) is 7.69. The lowest BCUT2D eigenvalue weighted by atomic mass is 10.2. The third-order valence-electron chi connectivity index (χ3n) is 1.87. The standard InChI is InChI=1S/C10H9BrFN5/c1-5-2-6(11)3-7(9(5)12)16-17-8(4-13)10(14)15/h2-3,16H,1H3,(H3,14,15)/b17-8+. The summed E-state index contributed by atoms with van der Waals surface area (Å²) < 4.78 is 14.3. The number of nitrogens with two attached hydrogens (primary N) is 1. The van der Waals surface area contributed by atoms with Crippen LogP contribution in [0, 0.1) is 29.5 Å². The zero-order valence-corrected chi connectivity index (χ0v) is 10.5. The molecule has 0 aliphatic heterocycles. The van der Waals surface area contributed by atoms with Gasteiger partial charge in [-0.1, -0.05) is 15.9 Å². The molecule has 0 aliphatic carbocycles. The van der Waals surface area contributed by atoms with Gasteiger partial charge in [0.1, 0.15) is 6.07 Å². The molecular weight excluding hydrogens is 289 g/mol. The molecule has 1 rings (SSSR count). The van der Waals surface area contributed by atoms with Crippen LogP contribution in [0.2, 0.25) is 0 Å². The Kier molecular flexibility index (Phi) is 4.17. The molecule has 1 aromatic rings. The molecule has 0 radical (unpaired) electrons. The first-order chi connectivity index (χ1) is 7.95. The Morgan fingerprint density at radius 3 is 2.82 bits per heavy atom. The molecule has 0 saturated heterocycles. The summed E-state index contributed by atoms with van der Waals surface area (Å²) >= 11 is 3.21. The first kappa shape index (κ1) is 13.1. The molecule has 17 heavy (non-hydrogen) atoms. The van der Waals surface area contributed by atoms with Gasteiger partial charge in [-0.15, -0.1) is 0 Å². The zero-order chi connectivity index (χ0) is 13.0. The van der Waals surface area contributed by atoms with Crippen LogP contribution in [-0.4, -0.2) is 11.5 Å². The Labute approximate surface area is 106 Å². The number of nitriles is 1. The van der Waals surface area contributed by atoms with Crippen LogP contribution >= 0.6 is 15.9 Å². The molecule has 7 heteroatoms. The number of rotatable bonds is 3. The second-order valence-corrected chi connectivity index (χ2v) is 4.10. The van der Waals surface area contributed by atoms with E-state index in [9.17, 15) is 4.39 Å². The van der Waals surface area contributed by atoms with Gasteiger partial charge in [0, 0.05) is 4.47 Å². The van der Waals surface area contributed by atoms with E-state index in [4.69, 9.17) is 16.4 Å². The Morgan fingerprint density at radius 2 is 2.29 bits per heavy atom. The van der Waals surface area contributed by atoms with Crippen LogP contribution in [-0.2, 0) is 0 Å². The van der Waals surface area contributed by atoms with Crippen molar-refractivity contribution < 1.29 is 4.39 Å². The van der Waals surface area contributed by atoms with Crippen molar-refractivity contribution in [2.24, 2.45) is 10.8 Å². The fourth-order valence-electron chi connectivity index (χ4n) is 1.07. The molecule has 0 saturated carbocycles. The lowest BCUT2D eigenvalue weighted by molar-refractivity contribution is 0.621. The molecule has 0 atom stereocenters. The smallest absolute Gasteiger partial charge is 0.201 e. The Balaban J connectivity index is 3.05. The van der Waals surface area contributed by atoms with Crippen molar-refractivity contribution >= 4 is 33.2 Å². The molecule has 0 bridgehead atoms. The number of benzene rings is 1. The van der Waals surface area contributed by atoms with Gasteiger partial charge in [-0.2, -0.15) is 10.4 Å². The number of hydrogen-bond donors (Lipinski definition) is 3. The van der Waals surface area contributed by atoms with E-state index in [1.54, 1.807) is 19.1 Å². The average molecular weight is 298 g/mol. The Hall–Kier alpha value is -1.94. The predicted molar refractivity (Wildman–Crippen MR) is 67.4 cm³/mol. The first-order valence-corrected chi connectivity index (χ1v) is 5.29. The van der Waals surface area contributed by atoms with Crippen molar-refractivity contribution in [3.63, 3.8) is 0 Å². The largest absolute Gasteiger partial charge is 0.382 e. The number of aryl methyl sites for hydroxylation is 1. The quantitative estimate of drug-likeness (QED) is 0.453. The first-order valence-electron chi connectivity index (χ1n) is 4.49. The number of amidine groups is 1. The minimum Gasteiger partial charge on any atom is -0.382 e. The van der Waals surface area contributed by atoms with Gasteiger partial charge in [-0.05, 0) is 24.6 Å². The van der Waals surface area contributed by atoms with E-state index < -0.39 is 11.7 Å². The third-order valence-corrected chi connectivity index (χ3v) is 2.33. The van der Waals surface area contributed by atoms with Crippen LogP contribution in [0.15, 0.2) is 21.7 Å². The van der Waals surface area contributed by atoms with Crippen LogP contribution in [0.5, 0.6) is 0 Å². The molecule has 1 aromatic carbocycles. The number of halogens is 2. The zero-order valence-electron chi connectivity index (χ0n) is 8.88. The summed E-state index contributed by atoms with van der Waals surface area (Å²) in [6, 6.07) is 4.71. The summed E-state index contributed by atoms with van der Waals surface area (Å²) in [7, 11) is 0. The normalized spacial score (nSPS) is 10.8. The molecule has 0 spiro atoms. The molecular formula is C10H9BrFN5. The molecule has 0 fully saturated rings. The summed E-state index contributed by atoms with van der Waals surface area (Å²) in [5, 5.41) is 19.2. The van der Waals surface area contributed by atoms with Crippen molar-refractivity contribution in [3.05, 3.63) is 28.0 Å². The summed E-state index contributed by atoms with van der Waals surface area (Å²) in [6.45, 7) is 1.60. The fourth-order valence-corrected chi connectivity index (χ4v) is 1.64. The van der Waals surface area contributed by atoms with Gasteiger partial charge in [0.05, 0.1) is 5.69 Å². The van der Waals surface area contributed by atoms with Crippen molar-refractivity contribution in [1.82, 2.24) is 0 Å². The molecule has 5 nitrogen and oxygen atoms in total. The van der Waals surface area contributed by atoms with Crippen LogP contribution in [0.3, 0.4) is 0 Å². The van der Waals surface area contributed by atoms with E-state index >= 15 is 0 Å². The summed E-state index contributed by atoms with van der Waals surface area (Å²) in [4.78, 5) is 0. The minimum atomic E-state index is -0.480. The number of anilines is 1. The van der Waals surface area contributed by atoms with Crippen molar-refractivity contribution in [3.8, 4) is 6.07 Å². The maximum absolute atomic E-state index is 13.6. The second-order valence-electron chi connectivity index (χ2n) is 3.18. The maximum Gasteiger partial charge on any atom is 0.201 e. The van der Waals surface area contributed by atoms with E-state index in [2.05, 4.69) is 26.5 Å². The SMILES string of the molecule is Cc1cc(Br)cc(N/N=C(\C#N)C(=N)N)c1F. The maximum atomic E-state index is 13.6. The van der Waals surface area contributed by atoms with Gasteiger partial charge in [-0.25, -0.2) is 4.39 Å². The summed E-state index contributed by atoms with van der Waals surface area (Å²) in [6.07, 6.45) is 0. The van der Waals surface area contributed by atoms with E-state index in [-0.39, 0.29) is 11.4 Å². The van der Waals surface area contributed by atoms with Crippen LogP contribution in [0.1, 0.15) is 5.56 Å². The molecule has 0 heterocycles. The highest BCUT2D eigenvalue weighted by Gasteiger charge is 2.07. The lowest BCUT2D eigenvalue weighted by Gasteiger charge is -2.06. The van der Waals surface area contributed by atoms with Crippen LogP contribution < -0.4 is 11.2 Å². The van der Waals surface area contributed by atoms with E-state index in [1.807, 2.05) is 0 Å². The molecule has 0 unspecified atom stereocenters. The van der Waals surface area contributed by atoms with E-state index in [1.165, 1.54) is 6.07 Å². The average Bonchev–Trinajstić information content (AvgIpc) is 2.25. The van der Waals surface area contributed by atoms with E-state index in [0.717, 1.165) is 0 Å². The fraction of sp³-hybridized carbons (Fsp3) is 0.100. The van der Waals surface area contributed by atoms with Gasteiger partial charge >= 0.3 is 0 Å². The van der Waals surface area contributed by atoms with Gasteiger partial charge in [0.2, 0.25) is 5.71 Å². The number of nitrogens with one attached hydrogen (secondary N) is 2. The number of nitrogens with zero attached hydrogens (tertiary/aromatic N) is 2. The van der Waals surface area contributed by atoms with Crippen molar-refractivity contribution in [2.75, 3.05) is 5.43 Å². The lowest BCUT2D eigenvalue weighted by Crippen LogP contribution is -2.22. The van der Waals surface area contributed by atoms with Gasteiger partial charge < -0.3 is 5.73 Å². The monoisotopic (exact) mass is 297 g/mol. The van der Waals surface area contributed by atoms with Gasteiger partial charge in [0.25, 0.3) is 0 Å². The molecule has 88 valence electrons. The van der Waals surface area contributed by atoms with Crippen molar-refractivity contribution in [1.29, 1.82) is 10.7 Å². The van der Waals surface area contributed by atoms with Gasteiger partial charge in [-0.3, -0.25) is 10.8 Å². The molecule has 0 aliphatic rings. The van der Waals surface area contributed by atoms with E-state index in [0.29, 0.717) is 10.0 Å². The highest BCUT2D eigenvalue weighted by Crippen LogP contribution is 2.23. The summed E-state index contributed by atoms with van der Waals surface area (Å²) in [5.74, 6) is -0.954. The van der Waals surface area contributed by atoms with Crippen LogP contribution in [0.25, 0.3) is 0 Å². The third kappa shape index (κ3) is 3.26. The molecule has 4 N–H and O–H groups in total. The highest BCUT2D eigenvalue weighted by atomic mass is 79.9. The second kappa shape index (κ2) is 5.41. The van der Waals surface area contributed by atoms with Gasteiger partial charge in [0.15, 0.2) is 11.7 Å². The number of hydrazone groups is 1. The minimum absolute atomic E-state index is 0.103. The predicted octanol–water partition coefficient (Wildman–Crippen LogP) is 2.12. The Bertz CT molecular complexity index is 532. The number of hydrogen-bond acceptors (Lipinski definition) is 4. The molecule has 0 amide bonds. The van der Waals surface area contributed by atoms with Crippen molar-refractivity contribution in [2.45, 2.75) is 6.92 Å².